The smallest absolute Gasteiger partial charge is 0.328 e. The van der Waals surface area contributed by atoms with Crippen molar-refractivity contribution in [1.82, 2.24) is 5.32 Å². The highest BCUT2D eigenvalue weighted by Crippen LogP contribution is 2.34. The maximum absolute atomic E-state index is 14.2. The average molecular weight is 270 g/mol. The molecule has 7 heteroatoms. The molecule has 1 saturated heterocycles. The number of aryl methyl sites for hydroxylation is 1. The summed E-state index contributed by atoms with van der Waals surface area (Å²) in [5.74, 6) is -2.42. The van der Waals surface area contributed by atoms with Crippen molar-refractivity contribution in [2.24, 2.45) is 0 Å². The number of nitrogens with one attached hydrogen (secondary N) is 1. The first-order chi connectivity index (χ1) is 8.95. The number of carbonyl (C=O) groups excluding carboxylic acids is 2. The highest BCUT2D eigenvalue weighted by atomic mass is 19.1. The minimum Gasteiger partial charge on any atom is -0.493 e. The van der Waals surface area contributed by atoms with Crippen LogP contribution in [-0.2, 0) is 4.79 Å². The molecule has 0 spiro atoms. The van der Waals surface area contributed by atoms with Crippen LogP contribution in [0.3, 0.4) is 0 Å². The lowest BCUT2D eigenvalue weighted by molar-refractivity contribution is -0.120. The number of ether oxygens (including phenoxy) is 1. The molecule has 1 aromatic carbocycles. The van der Waals surface area contributed by atoms with Crippen LogP contribution in [0.15, 0.2) is 6.07 Å². The topological polar surface area (TPSA) is 58.6 Å². The Hall–Kier alpha value is -2.18. The number of urea groups is 1. The lowest BCUT2D eigenvalue weighted by atomic mass is 10.1. The number of hydrogen-bond acceptors (Lipinski definition) is 3. The van der Waals surface area contributed by atoms with Crippen molar-refractivity contribution in [1.29, 1.82) is 0 Å². The van der Waals surface area contributed by atoms with Gasteiger partial charge in [-0.05, 0) is 18.6 Å². The molecule has 1 N–H and O–H groups in total. The van der Waals surface area contributed by atoms with Gasteiger partial charge in [-0.25, -0.2) is 13.6 Å². The Balaban J connectivity index is 2.50. The van der Waals surface area contributed by atoms with Crippen molar-refractivity contribution in [2.75, 3.05) is 18.6 Å². The van der Waals surface area contributed by atoms with E-state index in [0.717, 1.165) is 11.0 Å². The molecule has 3 amide bonds. The van der Waals surface area contributed by atoms with Crippen molar-refractivity contribution < 1.29 is 23.1 Å². The molecular formula is C12H12F2N2O3. The number of hydrogen-bond donors (Lipinski definition) is 1. The van der Waals surface area contributed by atoms with Gasteiger partial charge in [0.1, 0.15) is 5.69 Å². The summed E-state index contributed by atoms with van der Waals surface area (Å²) in [5.41, 5.74) is -0.220. The molecule has 0 unspecified atom stereocenters. The molecule has 1 aliphatic rings. The SMILES string of the molecule is COc1c(C)cc(F)c(N2CCC(=O)NC2=O)c1F. The van der Waals surface area contributed by atoms with Gasteiger partial charge in [0.2, 0.25) is 5.91 Å². The average Bonchev–Trinajstić information content (AvgIpc) is 2.31. The molecule has 1 fully saturated rings. The molecule has 1 aromatic rings. The van der Waals surface area contributed by atoms with Crippen molar-refractivity contribution >= 4 is 17.6 Å². The van der Waals surface area contributed by atoms with E-state index in [2.05, 4.69) is 0 Å². The first-order valence-electron chi connectivity index (χ1n) is 5.59. The fourth-order valence-corrected chi connectivity index (χ4v) is 1.98. The molecule has 1 aliphatic heterocycles. The van der Waals surface area contributed by atoms with Gasteiger partial charge in [-0.15, -0.1) is 0 Å². The summed E-state index contributed by atoms with van der Waals surface area (Å²) in [4.78, 5) is 23.5. The number of methoxy groups -OCH3 is 1. The van der Waals surface area contributed by atoms with Crippen molar-refractivity contribution in [2.45, 2.75) is 13.3 Å². The lowest BCUT2D eigenvalue weighted by Gasteiger charge is -2.27. The number of carbonyl (C=O) groups is 2. The molecule has 1 heterocycles. The van der Waals surface area contributed by atoms with Crippen LogP contribution in [0.25, 0.3) is 0 Å². The van der Waals surface area contributed by atoms with Crippen LogP contribution in [0, 0.1) is 18.6 Å². The van der Waals surface area contributed by atoms with Gasteiger partial charge in [0.25, 0.3) is 0 Å². The number of rotatable bonds is 2. The zero-order valence-corrected chi connectivity index (χ0v) is 10.4. The van der Waals surface area contributed by atoms with Gasteiger partial charge in [0.05, 0.1) is 7.11 Å². The van der Waals surface area contributed by atoms with Crippen LogP contribution in [-0.4, -0.2) is 25.6 Å². The Labute approximate surface area is 108 Å². The molecule has 0 radical (unpaired) electrons. The Kier molecular flexibility index (Phi) is 3.37. The molecule has 19 heavy (non-hydrogen) atoms. The summed E-state index contributed by atoms with van der Waals surface area (Å²) in [5, 5.41) is 2.01. The highest BCUT2D eigenvalue weighted by molar-refractivity contribution is 6.05. The molecule has 0 aliphatic carbocycles. The lowest BCUT2D eigenvalue weighted by Crippen LogP contribution is -2.50. The second kappa shape index (κ2) is 4.83. The minimum atomic E-state index is -0.954. The van der Waals surface area contributed by atoms with Crippen LogP contribution in [0.2, 0.25) is 0 Å². The number of anilines is 1. The Morgan fingerprint density at radius 3 is 2.63 bits per heavy atom. The summed E-state index contributed by atoms with van der Waals surface area (Å²) in [7, 11) is 1.26. The Morgan fingerprint density at radius 2 is 2.05 bits per heavy atom. The predicted octanol–water partition coefficient (Wildman–Crippen LogP) is 1.73. The second-order valence-electron chi connectivity index (χ2n) is 4.13. The van der Waals surface area contributed by atoms with Crippen LogP contribution in [0.1, 0.15) is 12.0 Å². The molecular weight excluding hydrogens is 258 g/mol. The summed E-state index contributed by atoms with van der Waals surface area (Å²) in [6.45, 7) is 1.42. The first kappa shape index (κ1) is 13.3. The van der Waals surface area contributed by atoms with Gasteiger partial charge in [0.15, 0.2) is 17.4 Å². The Bertz CT molecular complexity index is 560. The standard InChI is InChI=1S/C12H12F2N2O3/c1-6-5-7(13)10(9(14)11(6)19-2)16-4-3-8(17)15-12(16)18/h5H,3-4H2,1-2H3,(H,15,17,18). The van der Waals surface area contributed by atoms with E-state index in [-0.39, 0.29) is 24.3 Å². The minimum absolute atomic E-state index is 0.0131. The van der Waals surface area contributed by atoms with Crippen LogP contribution >= 0.6 is 0 Å². The third-order valence-electron chi connectivity index (χ3n) is 2.86. The number of halogens is 2. The van der Waals surface area contributed by atoms with Gasteiger partial charge >= 0.3 is 6.03 Å². The number of amides is 3. The zero-order chi connectivity index (χ0) is 14.2. The van der Waals surface area contributed by atoms with E-state index in [1.54, 1.807) is 0 Å². The summed E-state index contributed by atoms with van der Waals surface area (Å²) >= 11 is 0. The normalized spacial score (nSPS) is 15.5. The van der Waals surface area contributed by atoms with Gasteiger partial charge in [-0.3, -0.25) is 15.0 Å². The number of nitrogens with zero attached hydrogens (tertiary/aromatic N) is 1. The molecule has 5 nitrogen and oxygen atoms in total. The second-order valence-corrected chi connectivity index (χ2v) is 4.13. The molecule has 102 valence electrons. The number of imide groups is 1. The van der Waals surface area contributed by atoms with E-state index in [1.807, 2.05) is 5.32 Å². The van der Waals surface area contributed by atoms with Crippen LogP contribution in [0.4, 0.5) is 19.3 Å². The van der Waals surface area contributed by atoms with Crippen molar-refractivity contribution in [3.05, 3.63) is 23.3 Å². The highest BCUT2D eigenvalue weighted by Gasteiger charge is 2.30. The fourth-order valence-electron chi connectivity index (χ4n) is 1.98. The third-order valence-corrected chi connectivity index (χ3v) is 2.86. The van der Waals surface area contributed by atoms with E-state index in [0.29, 0.717) is 0 Å². The Morgan fingerprint density at radius 1 is 1.37 bits per heavy atom. The maximum Gasteiger partial charge on any atom is 0.328 e. The van der Waals surface area contributed by atoms with E-state index < -0.39 is 29.3 Å². The van der Waals surface area contributed by atoms with E-state index in [1.165, 1.54) is 14.0 Å². The van der Waals surface area contributed by atoms with E-state index >= 15 is 0 Å². The first-order valence-corrected chi connectivity index (χ1v) is 5.59. The number of benzene rings is 1. The molecule has 0 saturated carbocycles. The van der Waals surface area contributed by atoms with Gasteiger partial charge < -0.3 is 4.74 Å². The summed E-state index contributed by atoms with van der Waals surface area (Å²) in [6, 6.07) is 0.237. The largest absolute Gasteiger partial charge is 0.493 e. The summed E-state index contributed by atoms with van der Waals surface area (Å²) < 4.78 is 32.9. The molecule has 2 rings (SSSR count). The van der Waals surface area contributed by atoms with E-state index in [4.69, 9.17) is 4.74 Å². The molecule has 0 atom stereocenters. The van der Waals surface area contributed by atoms with Gasteiger partial charge in [-0.2, -0.15) is 0 Å². The maximum atomic E-state index is 14.2. The third kappa shape index (κ3) is 2.23. The quantitative estimate of drug-likeness (QED) is 0.890. The monoisotopic (exact) mass is 270 g/mol. The zero-order valence-electron chi connectivity index (χ0n) is 10.4. The van der Waals surface area contributed by atoms with Crippen LogP contribution < -0.4 is 15.0 Å². The van der Waals surface area contributed by atoms with Crippen molar-refractivity contribution in [3.63, 3.8) is 0 Å². The van der Waals surface area contributed by atoms with Gasteiger partial charge in [-0.1, -0.05) is 0 Å². The fraction of sp³-hybridized carbons (Fsp3) is 0.333. The predicted molar refractivity (Wildman–Crippen MR) is 63.1 cm³/mol. The molecule has 0 bridgehead atoms. The van der Waals surface area contributed by atoms with Crippen LogP contribution in [0.5, 0.6) is 5.75 Å². The summed E-state index contributed by atoms with van der Waals surface area (Å²) in [6.07, 6.45) is -0.0131. The van der Waals surface area contributed by atoms with Crippen molar-refractivity contribution in [3.8, 4) is 5.75 Å². The molecule has 0 aromatic heterocycles. The van der Waals surface area contributed by atoms with Gasteiger partial charge in [0, 0.05) is 13.0 Å². The van der Waals surface area contributed by atoms with E-state index in [9.17, 15) is 18.4 Å².